The van der Waals surface area contributed by atoms with Crippen LogP contribution in [0.25, 0.3) is 0 Å². The summed E-state index contributed by atoms with van der Waals surface area (Å²) in [6, 6.07) is 0. The second kappa shape index (κ2) is 6.15. The number of aryl methyl sites for hydroxylation is 1. The van der Waals surface area contributed by atoms with Crippen LogP contribution in [0.4, 0.5) is 5.00 Å². The Morgan fingerprint density at radius 3 is 2.76 bits per heavy atom. The number of hydrogen-bond donors (Lipinski definition) is 2. The first kappa shape index (κ1) is 14.5. The van der Waals surface area contributed by atoms with Crippen LogP contribution in [-0.2, 0) is 22.4 Å². The summed E-state index contributed by atoms with van der Waals surface area (Å²) in [4.78, 5) is 25.6. The van der Waals surface area contributed by atoms with E-state index >= 15 is 0 Å². The lowest BCUT2D eigenvalue weighted by atomic mass is 9.97. The number of esters is 1. The van der Waals surface area contributed by atoms with Gasteiger partial charge in [0.2, 0.25) is 5.91 Å². The van der Waals surface area contributed by atoms with E-state index in [9.17, 15) is 9.59 Å². The van der Waals surface area contributed by atoms with E-state index in [0.29, 0.717) is 10.6 Å². The van der Waals surface area contributed by atoms with Gasteiger partial charge >= 0.3 is 5.97 Å². The number of carbonyl (C=O) groups is 2. The minimum absolute atomic E-state index is 0.0292. The molecule has 0 atom stereocenters. The second-order valence-corrected chi connectivity index (χ2v) is 6.67. The molecular weight excluding hydrogens is 288 g/mol. The van der Waals surface area contributed by atoms with Gasteiger partial charge in [0, 0.05) is 10.8 Å². The molecule has 2 aliphatic rings. The molecule has 1 fully saturated rings. The number of thiophene rings is 1. The molecule has 0 spiro atoms. The summed E-state index contributed by atoms with van der Waals surface area (Å²) in [6.45, 7) is 1.76. The molecule has 2 heterocycles. The first-order chi connectivity index (χ1) is 10.2. The fraction of sp³-hybridized carbons (Fsp3) is 0.600. The Bertz CT molecular complexity index is 562. The molecule has 0 radical (unpaired) electrons. The van der Waals surface area contributed by atoms with E-state index < -0.39 is 0 Å². The molecular formula is C15H20N2O3S. The molecule has 2 N–H and O–H groups in total. The minimum atomic E-state index is -0.338. The topological polar surface area (TPSA) is 67.4 Å². The number of anilines is 1. The largest absolute Gasteiger partial charge is 0.465 e. The van der Waals surface area contributed by atoms with Crippen molar-refractivity contribution in [2.24, 2.45) is 5.92 Å². The minimum Gasteiger partial charge on any atom is -0.465 e. The van der Waals surface area contributed by atoms with Gasteiger partial charge in [0.1, 0.15) is 5.00 Å². The maximum atomic E-state index is 12.4. The average molecular weight is 308 g/mol. The van der Waals surface area contributed by atoms with Crippen LogP contribution in [0.1, 0.15) is 40.1 Å². The van der Waals surface area contributed by atoms with Crippen LogP contribution >= 0.6 is 11.3 Å². The van der Waals surface area contributed by atoms with Crippen LogP contribution in [0.5, 0.6) is 0 Å². The Morgan fingerprint density at radius 2 is 2.05 bits per heavy atom. The highest BCUT2D eigenvalue weighted by Crippen LogP contribution is 2.39. The molecule has 1 aliphatic carbocycles. The van der Waals surface area contributed by atoms with E-state index in [0.717, 1.165) is 50.8 Å². The maximum absolute atomic E-state index is 12.4. The van der Waals surface area contributed by atoms with Gasteiger partial charge in [0.25, 0.3) is 0 Å². The lowest BCUT2D eigenvalue weighted by Crippen LogP contribution is -2.34. The molecule has 0 saturated carbocycles. The number of hydrogen-bond acceptors (Lipinski definition) is 5. The molecule has 0 bridgehead atoms. The number of piperidine rings is 1. The van der Waals surface area contributed by atoms with Gasteiger partial charge in [-0.05, 0) is 50.8 Å². The number of methoxy groups -OCH3 is 1. The highest BCUT2D eigenvalue weighted by molar-refractivity contribution is 7.17. The van der Waals surface area contributed by atoms with Crippen molar-refractivity contribution in [3.63, 3.8) is 0 Å². The van der Waals surface area contributed by atoms with E-state index in [1.807, 2.05) is 0 Å². The third-order valence-electron chi connectivity index (χ3n) is 4.26. The molecule has 1 aliphatic heterocycles. The normalized spacial score (nSPS) is 18.3. The predicted octanol–water partition coefficient (Wildman–Crippen LogP) is 1.96. The van der Waals surface area contributed by atoms with Gasteiger partial charge in [-0.1, -0.05) is 0 Å². The first-order valence-electron chi connectivity index (χ1n) is 7.45. The zero-order valence-electron chi connectivity index (χ0n) is 12.2. The Balaban J connectivity index is 1.81. The van der Waals surface area contributed by atoms with E-state index in [2.05, 4.69) is 10.6 Å². The smallest absolute Gasteiger partial charge is 0.341 e. The molecule has 1 aromatic rings. The van der Waals surface area contributed by atoms with Gasteiger partial charge in [0.05, 0.1) is 12.7 Å². The molecule has 1 amide bonds. The molecule has 1 saturated heterocycles. The van der Waals surface area contributed by atoms with Crippen LogP contribution in [0.15, 0.2) is 0 Å². The van der Waals surface area contributed by atoms with Crippen molar-refractivity contribution in [3.05, 3.63) is 16.0 Å². The number of rotatable bonds is 3. The number of carbonyl (C=O) groups excluding carboxylic acids is 2. The van der Waals surface area contributed by atoms with E-state index in [1.165, 1.54) is 23.3 Å². The van der Waals surface area contributed by atoms with Crippen molar-refractivity contribution in [2.45, 2.75) is 32.1 Å². The van der Waals surface area contributed by atoms with Crippen molar-refractivity contribution < 1.29 is 14.3 Å². The predicted molar refractivity (Wildman–Crippen MR) is 81.9 cm³/mol. The Kier molecular flexibility index (Phi) is 4.26. The van der Waals surface area contributed by atoms with Crippen molar-refractivity contribution in [2.75, 3.05) is 25.5 Å². The van der Waals surface area contributed by atoms with E-state index in [-0.39, 0.29) is 17.8 Å². The molecule has 3 rings (SSSR count). The summed E-state index contributed by atoms with van der Waals surface area (Å²) in [5.74, 6) is -0.273. The Morgan fingerprint density at radius 1 is 1.29 bits per heavy atom. The first-order valence-corrected chi connectivity index (χ1v) is 8.26. The van der Waals surface area contributed by atoms with Crippen LogP contribution < -0.4 is 10.6 Å². The summed E-state index contributed by atoms with van der Waals surface area (Å²) in [5, 5.41) is 6.90. The molecule has 5 nitrogen and oxygen atoms in total. The van der Waals surface area contributed by atoms with Crippen molar-refractivity contribution >= 4 is 28.2 Å². The van der Waals surface area contributed by atoms with Gasteiger partial charge in [0.15, 0.2) is 0 Å². The molecule has 6 heteroatoms. The standard InChI is InChI=1S/C15H20N2O3S/c1-20-15(19)12-10-3-2-4-11(10)21-14(12)17-13(18)9-5-7-16-8-6-9/h9,16H,2-8H2,1H3,(H,17,18). The monoisotopic (exact) mass is 308 g/mol. The fourth-order valence-electron chi connectivity index (χ4n) is 3.11. The number of nitrogens with one attached hydrogen (secondary N) is 2. The van der Waals surface area contributed by atoms with Crippen molar-refractivity contribution in [1.82, 2.24) is 5.32 Å². The zero-order valence-corrected chi connectivity index (χ0v) is 13.0. The number of ether oxygens (including phenoxy) is 1. The van der Waals surface area contributed by atoms with E-state index in [4.69, 9.17) is 4.74 Å². The third-order valence-corrected chi connectivity index (χ3v) is 5.46. The second-order valence-electron chi connectivity index (χ2n) is 5.57. The van der Waals surface area contributed by atoms with Gasteiger partial charge in [-0.3, -0.25) is 4.79 Å². The molecule has 114 valence electrons. The average Bonchev–Trinajstić information content (AvgIpc) is 3.07. The molecule has 0 unspecified atom stereocenters. The van der Waals surface area contributed by atoms with Crippen molar-refractivity contribution in [3.8, 4) is 0 Å². The summed E-state index contributed by atoms with van der Waals surface area (Å²) in [5.41, 5.74) is 1.66. The van der Waals surface area contributed by atoms with Gasteiger partial charge in [-0.15, -0.1) is 11.3 Å². The molecule has 0 aromatic carbocycles. The third kappa shape index (κ3) is 2.82. The lowest BCUT2D eigenvalue weighted by Gasteiger charge is -2.21. The van der Waals surface area contributed by atoms with Crippen LogP contribution in [-0.4, -0.2) is 32.1 Å². The summed E-state index contributed by atoms with van der Waals surface area (Å²) < 4.78 is 4.89. The van der Waals surface area contributed by atoms with Gasteiger partial charge in [-0.2, -0.15) is 0 Å². The number of amides is 1. The molecule has 1 aromatic heterocycles. The van der Waals surface area contributed by atoms with Crippen LogP contribution in [0, 0.1) is 5.92 Å². The van der Waals surface area contributed by atoms with Crippen LogP contribution in [0.2, 0.25) is 0 Å². The Labute approximate surface area is 128 Å². The summed E-state index contributed by atoms with van der Waals surface area (Å²) in [7, 11) is 1.39. The fourth-order valence-corrected chi connectivity index (χ4v) is 4.39. The highest BCUT2D eigenvalue weighted by atomic mass is 32.1. The highest BCUT2D eigenvalue weighted by Gasteiger charge is 2.29. The van der Waals surface area contributed by atoms with E-state index in [1.54, 1.807) is 0 Å². The van der Waals surface area contributed by atoms with Gasteiger partial charge in [-0.25, -0.2) is 4.79 Å². The lowest BCUT2D eigenvalue weighted by molar-refractivity contribution is -0.120. The Hall–Kier alpha value is -1.40. The SMILES string of the molecule is COC(=O)c1c(NC(=O)C2CCNCC2)sc2c1CCC2. The number of fused-ring (bicyclic) bond motifs is 1. The summed E-state index contributed by atoms with van der Waals surface area (Å²) in [6.07, 6.45) is 4.68. The quantitative estimate of drug-likeness (QED) is 0.838. The summed E-state index contributed by atoms with van der Waals surface area (Å²) >= 11 is 1.54. The zero-order chi connectivity index (χ0) is 14.8. The van der Waals surface area contributed by atoms with Crippen molar-refractivity contribution in [1.29, 1.82) is 0 Å². The molecule has 21 heavy (non-hydrogen) atoms. The van der Waals surface area contributed by atoms with Crippen LogP contribution in [0.3, 0.4) is 0 Å². The van der Waals surface area contributed by atoms with Gasteiger partial charge < -0.3 is 15.4 Å². The maximum Gasteiger partial charge on any atom is 0.341 e.